The number of para-hydroxylation sites is 2. The summed E-state index contributed by atoms with van der Waals surface area (Å²) in [5.41, 5.74) is 1.41. The molecular weight excluding hydrogens is 410 g/mol. The number of hydrogen-bond acceptors (Lipinski definition) is 5. The molecule has 7 heteroatoms. The SMILES string of the molecule is O=S(=O)(NCC1CCCN(Cc2cc3ccccc3o2)C1)c1cccc2cccnc12. The van der Waals surface area contributed by atoms with Crippen LogP contribution in [-0.4, -0.2) is 37.9 Å². The maximum atomic E-state index is 13.0. The highest BCUT2D eigenvalue weighted by atomic mass is 32.2. The van der Waals surface area contributed by atoms with Crippen molar-refractivity contribution >= 4 is 31.9 Å². The topological polar surface area (TPSA) is 75.4 Å². The van der Waals surface area contributed by atoms with Gasteiger partial charge in [0.25, 0.3) is 0 Å². The van der Waals surface area contributed by atoms with Crippen molar-refractivity contribution < 1.29 is 12.8 Å². The van der Waals surface area contributed by atoms with Gasteiger partial charge in [0.15, 0.2) is 0 Å². The predicted octanol–water partition coefficient (Wildman–Crippen LogP) is 4.17. The number of nitrogens with one attached hydrogen (secondary N) is 1. The number of piperidine rings is 1. The van der Waals surface area contributed by atoms with Gasteiger partial charge >= 0.3 is 0 Å². The van der Waals surface area contributed by atoms with Crippen LogP contribution < -0.4 is 4.72 Å². The van der Waals surface area contributed by atoms with Crippen molar-refractivity contribution in [3.63, 3.8) is 0 Å². The largest absolute Gasteiger partial charge is 0.460 e. The lowest BCUT2D eigenvalue weighted by Crippen LogP contribution is -2.40. The first-order valence-corrected chi connectivity index (χ1v) is 12.1. The minimum atomic E-state index is -3.63. The zero-order valence-corrected chi connectivity index (χ0v) is 18.0. The highest BCUT2D eigenvalue weighted by Gasteiger charge is 2.24. The van der Waals surface area contributed by atoms with E-state index in [-0.39, 0.29) is 10.8 Å². The van der Waals surface area contributed by atoms with Crippen LogP contribution in [-0.2, 0) is 16.6 Å². The maximum absolute atomic E-state index is 13.0. The third-order valence-corrected chi connectivity index (χ3v) is 7.36. The lowest BCUT2D eigenvalue weighted by molar-refractivity contribution is 0.159. The Kier molecular flexibility index (Phi) is 5.48. The van der Waals surface area contributed by atoms with E-state index in [4.69, 9.17) is 4.42 Å². The van der Waals surface area contributed by atoms with Crippen LogP contribution in [0.3, 0.4) is 0 Å². The lowest BCUT2D eigenvalue weighted by Gasteiger charge is -2.32. The van der Waals surface area contributed by atoms with E-state index in [1.807, 2.05) is 36.4 Å². The summed E-state index contributed by atoms with van der Waals surface area (Å²) < 4.78 is 34.7. The van der Waals surface area contributed by atoms with Crippen molar-refractivity contribution in [1.29, 1.82) is 0 Å². The van der Waals surface area contributed by atoms with Crippen molar-refractivity contribution in [2.45, 2.75) is 24.3 Å². The van der Waals surface area contributed by atoms with Crippen LogP contribution in [0.5, 0.6) is 0 Å². The number of rotatable bonds is 6. The third kappa shape index (κ3) is 4.35. The summed E-state index contributed by atoms with van der Waals surface area (Å²) in [5, 5.41) is 1.93. The molecule has 0 radical (unpaired) electrons. The molecule has 1 aliphatic heterocycles. The van der Waals surface area contributed by atoms with Crippen LogP contribution in [0.2, 0.25) is 0 Å². The minimum Gasteiger partial charge on any atom is -0.460 e. The van der Waals surface area contributed by atoms with E-state index in [2.05, 4.69) is 26.7 Å². The number of fused-ring (bicyclic) bond motifs is 2. The fourth-order valence-corrected chi connectivity index (χ4v) is 5.69. The number of hydrogen-bond donors (Lipinski definition) is 1. The van der Waals surface area contributed by atoms with Crippen LogP contribution in [0.4, 0.5) is 0 Å². The van der Waals surface area contributed by atoms with E-state index >= 15 is 0 Å². The molecule has 2 aromatic heterocycles. The molecule has 1 unspecified atom stereocenters. The van der Waals surface area contributed by atoms with Gasteiger partial charge in [0.1, 0.15) is 16.2 Å². The monoisotopic (exact) mass is 435 g/mol. The van der Waals surface area contributed by atoms with E-state index in [1.165, 1.54) is 0 Å². The van der Waals surface area contributed by atoms with Gasteiger partial charge in [-0.15, -0.1) is 0 Å². The average molecular weight is 436 g/mol. The molecule has 4 aromatic rings. The normalized spacial score (nSPS) is 18.0. The van der Waals surface area contributed by atoms with Gasteiger partial charge in [0.2, 0.25) is 10.0 Å². The van der Waals surface area contributed by atoms with Crippen LogP contribution in [0.25, 0.3) is 21.9 Å². The van der Waals surface area contributed by atoms with Crippen molar-refractivity contribution in [3.8, 4) is 0 Å². The first-order chi connectivity index (χ1) is 15.1. The van der Waals surface area contributed by atoms with Crippen LogP contribution in [0, 0.1) is 5.92 Å². The predicted molar refractivity (Wildman–Crippen MR) is 121 cm³/mol. The molecule has 0 spiro atoms. The fraction of sp³-hybridized carbons (Fsp3) is 0.292. The lowest BCUT2D eigenvalue weighted by atomic mass is 9.98. The van der Waals surface area contributed by atoms with E-state index in [9.17, 15) is 8.42 Å². The number of aromatic nitrogens is 1. The Balaban J connectivity index is 1.24. The average Bonchev–Trinajstić information content (AvgIpc) is 3.20. The van der Waals surface area contributed by atoms with Gasteiger partial charge in [-0.2, -0.15) is 0 Å². The van der Waals surface area contributed by atoms with Gasteiger partial charge in [-0.3, -0.25) is 9.88 Å². The fourth-order valence-electron chi connectivity index (χ4n) is 4.40. The summed E-state index contributed by atoms with van der Waals surface area (Å²) in [4.78, 5) is 6.86. The first kappa shape index (κ1) is 20.2. The number of sulfonamides is 1. The van der Waals surface area contributed by atoms with Gasteiger partial charge in [-0.25, -0.2) is 13.1 Å². The van der Waals surface area contributed by atoms with E-state index in [0.717, 1.165) is 54.6 Å². The van der Waals surface area contributed by atoms with Crippen LogP contribution in [0.15, 0.2) is 76.2 Å². The van der Waals surface area contributed by atoms with Crippen LogP contribution >= 0.6 is 0 Å². The number of nitrogens with zero attached hydrogens (tertiary/aromatic N) is 2. The number of furan rings is 1. The Morgan fingerprint density at radius 3 is 2.81 bits per heavy atom. The van der Waals surface area contributed by atoms with Crippen molar-refractivity contribution in [1.82, 2.24) is 14.6 Å². The summed E-state index contributed by atoms with van der Waals surface area (Å²) in [7, 11) is -3.63. The number of benzene rings is 2. The summed E-state index contributed by atoms with van der Waals surface area (Å²) >= 11 is 0. The van der Waals surface area contributed by atoms with Crippen molar-refractivity contribution in [3.05, 3.63) is 72.6 Å². The molecule has 1 saturated heterocycles. The molecule has 0 saturated carbocycles. The van der Waals surface area contributed by atoms with Gasteiger partial charge in [0.05, 0.1) is 12.1 Å². The van der Waals surface area contributed by atoms with Crippen molar-refractivity contribution in [2.75, 3.05) is 19.6 Å². The molecular formula is C24H25N3O3S. The summed E-state index contributed by atoms with van der Waals surface area (Å²) in [6, 6.07) is 19.0. The summed E-state index contributed by atoms with van der Waals surface area (Å²) in [5.74, 6) is 1.21. The Labute approximate surface area is 181 Å². The van der Waals surface area contributed by atoms with Gasteiger partial charge in [0, 0.05) is 30.1 Å². The number of likely N-dealkylation sites (tertiary alicyclic amines) is 1. The van der Waals surface area contributed by atoms with E-state index in [1.54, 1.807) is 18.3 Å². The van der Waals surface area contributed by atoms with Gasteiger partial charge < -0.3 is 4.42 Å². The molecule has 2 aromatic carbocycles. The molecule has 0 bridgehead atoms. The van der Waals surface area contributed by atoms with Crippen molar-refractivity contribution in [2.24, 2.45) is 5.92 Å². The van der Waals surface area contributed by atoms with Gasteiger partial charge in [-0.05, 0) is 49.6 Å². The second kappa shape index (κ2) is 8.42. The smallest absolute Gasteiger partial charge is 0.242 e. The summed E-state index contributed by atoms with van der Waals surface area (Å²) in [6.45, 7) is 2.99. The molecule has 5 rings (SSSR count). The molecule has 3 heterocycles. The Bertz CT molecular complexity index is 1280. The Hall–Kier alpha value is -2.74. The molecule has 31 heavy (non-hydrogen) atoms. The molecule has 1 fully saturated rings. The second-order valence-electron chi connectivity index (χ2n) is 8.18. The molecule has 160 valence electrons. The highest BCUT2D eigenvalue weighted by molar-refractivity contribution is 7.89. The quantitative estimate of drug-likeness (QED) is 0.492. The zero-order valence-electron chi connectivity index (χ0n) is 17.2. The molecule has 6 nitrogen and oxygen atoms in total. The Morgan fingerprint density at radius 2 is 1.90 bits per heavy atom. The molecule has 0 amide bonds. The molecule has 1 atom stereocenters. The van der Waals surface area contributed by atoms with E-state index < -0.39 is 10.0 Å². The maximum Gasteiger partial charge on any atom is 0.242 e. The highest BCUT2D eigenvalue weighted by Crippen LogP contribution is 2.24. The van der Waals surface area contributed by atoms with Gasteiger partial charge in [-0.1, -0.05) is 36.4 Å². The standard InChI is InChI=1S/C24H25N3O3S/c28-31(29,23-11-3-8-19-9-4-12-25-24(19)23)26-15-18-6-5-13-27(16-18)17-21-14-20-7-1-2-10-22(20)30-21/h1-4,7-12,14,18,26H,5-6,13,15-17H2. The molecule has 1 aliphatic rings. The zero-order chi connectivity index (χ0) is 21.3. The Morgan fingerprint density at radius 1 is 1.06 bits per heavy atom. The molecule has 1 N–H and O–H groups in total. The summed E-state index contributed by atoms with van der Waals surface area (Å²) in [6.07, 6.45) is 3.67. The number of pyridine rings is 1. The van der Waals surface area contributed by atoms with Crippen LogP contribution in [0.1, 0.15) is 18.6 Å². The molecule has 0 aliphatic carbocycles. The third-order valence-electron chi connectivity index (χ3n) is 5.91. The first-order valence-electron chi connectivity index (χ1n) is 10.6. The van der Waals surface area contributed by atoms with E-state index in [0.29, 0.717) is 12.1 Å². The minimum absolute atomic E-state index is 0.237. The second-order valence-corrected chi connectivity index (χ2v) is 9.91.